The largest absolute Gasteiger partial charge is 0.493 e. The standard InChI is InChI=1S/C28H30ClN3O2/c1-19(2)23-12-4-7-15-26(23)34-17-9-16-32-25-14-6-5-13-24(25)31-27(32)20(3)30-28(33)21-10-8-11-22(29)18-21/h4-8,10-15,18-20H,9,16-17H2,1-3H3,(H,30,33). The molecule has 4 rings (SSSR count). The van der Waals surface area contributed by atoms with Crippen LogP contribution < -0.4 is 10.1 Å². The average Bonchev–Trinajstić information content (AvgIpc) is 3.20. The Balaban J connectivity index is 1.48. The van der Waals surface area contributed by atoms with Crippen LogP contribution in [-0.2, 0) is 6.54 Å². The number of benzene rings is 3. The molecule has 1 unspecified atom stereocenters. The molecule has 0 spiro atoms. The van der Waals surface area contributed by atoms with Crippen LogP contribution in [0.4, 0.5) is 0 Å². The van der Waals surface area contributed by atoms with Crippen LogP contribution in [0.2, 0.25) is 5.02 Å². The molecule has 0 radical (unpaired) electrons. The van der Waals surface area contributed by atoms with Gasteiger partial charge in [0.2, 0.25) is 0 Å². The third-order valence-corrected chi connectivity index (χ3v) is 6.07. The first kappa shape index (κ1) is 23.8. The number of hydrogen-bond acceptors (Lipinski definition) is 3. The molecule has 4 aromatic rings. The lowest BCUT2D eigenvalue weighted by Gasteiger charge is -2.17. The van der Waals surface area contributed by atoms with Gasteiger partial charge in [0.25, 0.3) is 5.91 Å². The molecule has 0 saturated carbocycles. The topological polar surface area (TPSA) is 56.1 Å². The number of aromatic nitrogens is 2. The number of nitrogens with zero attached hydrogens (tertiary/aromatic N) is 2. The molecule has 176 valence electrons. The first-order valence-corrected chi connectivity index (χ1v) is 12.0. The summed E-state index contributed by atoms with van der Waals surface area (Å²) in [5.41, 5.74) is 3.70. The number of ether oxygens (including phenoxy) is 1. The maximum atomic E-state index is 12.8. The van der Waals surface area contributed by atoms with Crippen molar-refractivity contribution in [2.45, 2.75) is 45.7 Å². The highest BCUT2D eigenvalue weighted by Crippen LogP contribution is 2.26. The average molecular weight is 476 g/mol. The number of rotatable bonds is 9. The Labute approximate surface area is 205 Å². The van der Waals surface area contributed by atoms with Crippen LogP contribution in [0.1, 0.15) is 60.9 Å². The molecule has 1 amide bonds. The molecule has 0 saturated heterocycles. The first-order valence-electron chi connectivity index (χ1n) is 11.7. The van der Waals surface area contributed by atoms with Crippen LogP contribution in [0.25, 0.3) is 11.0 Å². The smallest absolute Gasteiger partial charge is 0.251 e. The van der Waals surface area contributed by atoms with Gasteiger partial charge in [0.1, 0.15) is 11.6 Å². The zero-order chi connectivity index (χ0) is 24.1. The summed E-state index contributed by atoms with van der Waals surface area (Å²) in [7, 11) is 0. The Morgan fingerprint density at radius 3 is 2.59 bits per heavy atom. The van der Waals surface area contributed by atoms with E-state index < -0.39 is 0 Å². The second kappa shape index (κ2) is 10.7. The number of para-hydroxylation sites is 3. The van der Waals surface area contributed by atoms with E-state index in [9.17, 15) is 4.79 Å². The van der Waals surface area contributed by atoms with Crippen LogP contribution in [0.15, 0.2) is 72.8 Å². The normalized spacial score (nSPS) is 12.1. The fourth-order valence-corrected chi connectivity index (χ4v) is 4.32. The number of halogens is 1. The van der Waals surface area contributed by atoms with E-state index in [0.29, 0.717) is 23.1 Å². The minimum Gasteiger partial charge on any atom is -0.493 e. The van der Waals surface area contributed by atoms with Crippen molar-refractivity contribution in [3.05, 3.63) is 94.8 Å². The second-order valence-corrected chi connectivity index (χ2v) is 9.15. The number of carbonyl (C=O) groups is 1. The van der Waals surface area contributed by atoms with E-state index in [4.69, 9.17) is 21.3 Å². The van der Waals surface area contributed by atoms with Crippen molar-refractivity contribution in [3.63, 3.8) is 0 Å². The summed E-state index contributed by atoms with van der Waals surface area (Å²) in [6.45, 7) is 7.63. The molecule has 1 N–H and O–H groups in total. The van der Waals surface area contributed by atoms with Gasteiger partial charge in [0.05, 0.1) is 23.7 Å². The van der Waals surface area contributed by atoms with Crippen molar-refractivity contribution in [3.8, 4) is 5.75 Å². The van der Waals surface area contributed by atoms with Gasteiger partial charge in [0, 0.05) is 17.1 Å². The zero-order valence-electron chi connectivity index (χ0n) is 19.8. The highest BCUT2D eigenvalue weighted by Gasteiger charge is 2.19. The molecule has 1 atom stereocenters. The van der Waals surface area contributed by atoms with Crippen LogP contribution >= 0.6 is 11.6 Å². The first-order chi connectivity index (χ1) is 16.4. The molecular weight excluding hydrogens is 446 g/mol. The van der Waals surface area contributed by atoms with Crippen LogP contribution in [0.3, 0.4) is 0 Å². The lowest BCUT2D eigenvalue weighted by Crippen LogP contribution is -2.28. The lowest BCUT2D eigenvalue weighted by atomic mass is 10.0. The SMILES string of the molecule is CC(C)c1ccccc1OCCCn1c(C(C)NC(=O)c2cccc(Cl)c2)nc2ccccc21. The Kier molecular flexibility index (Phi) is 7.53. The van der Waals surface area contributed by atoms with Crippen LogP contribution in [0.5, 0.6) is 5.75 Å². The fraction of sp³-hybridized carbons (Fsp3) is 0.286. The van der Waals surface area contributed by atoms with Crippen molar-refractivity contribution < 1.29 is 9.53 Å². The summed E-state index contributed by atoms with van der Waals surface area (Å²) >= 11 is 6.05. The Hall–Kier alpha value is -3.31. The minimum absolute atomic E-state index is 0.178. The summed E-state index contributed by atoms with van der Waals surface area (Å²) in [6, 6.07) is 22.9. The third-order valence-electron chi connectivity index (χ3n) is 5.83. The Morgan fingerprint density at radius 1 is 1.03 bits per heavy atom. The Bertz CT molecular complexity index is 1280. The van der Waals surface area contributed by atoms with Gasteiger partial charge in [-0.3, -0.25) is 4.79 Å². The molecule has 0 aliphatic carbocycles. The van der Waals surface area contributed by atoms with Gasteiger partial charge in [-0.15, -0.1) is 0 Å². The molecular formula is C28H30ClN3O2. The van der Waals surface area contributed by atoms with Gasteiger partial charge in [-0.2, -0.15) is 0 Å². The molecule has 0 aliphatic heterocycles. The highest BCUT2D eigenvalue weighted by atomic mass is 35.5. The summed E-state index contributed by atoms with van der Waals surface area (Å²) in [6.07, 6.45) is 0.814. The van der Waals surface area contributed by atoms with Crippen LogP contribution in [0, 0.1) is 0 Å². The predicted octanol–water partition coefficient (Wildman–Crippen LogP) is 6.77. The van der Waals surface area contributed by atoms with Gasteiger partial charge >= 0.3 is 0 Å². The summed E-state index contributed by atoms with van der Waals surface area (Å²) in [5.74, 6) is 1.99. The molecule has 0 aliphatic rings. The number of nitrogens with one attached hydrogen (secondary N) is 1. The minimum atomic E-state index is -0.276. The number of aryl methyl sites for hydroxylation is 1. The number of imidazole rings is 1. The Morgan fingerprint density at radius 2 is 1.79 bits per heavy atom. The molecule has 1 heterocycles. The molecule has 6 heteroatoms. The number of fused-ring (bicyclic) bond motifs is 1. The van der Waals surface area contributed by atoms with Gasteiger partial charge in [-0.05, 0) is 61.2 Å². The predicted molar refractivity (Wildman–Crippen MR) is 138 cm³/mol. The lowest BCUT2D eigenvalue weighted by molar-refractivity contribution is 0.0937. The summed E-state index contributed by atoms with van der Waals surface area (Å²) in [4.78, 5) is 17.6. The van der Waals surface area contributed by atoms with E-state index in [0.717, 1.165) is 35.6 Å². The summed E-state index contributed by atoms with van der Waals surface area (Å²) in [5, 5.41) is 3.60. The molecule has 5 nitrogen and oxygen atoms in total. The number of hydrogen-bond donors (Lipinski definition) is 1. The van der Waals surface area contributed by atoms with Crippen molar-refractivity contribution in [1.82, 2.24) is 14.9 Å². The zero-order valence-corrected chi connectivity index (χ0v) is 20.5. The molecule has 0 bridgehead atoms. The molecule has 34 heavy (non-hydrogen) atoms. The second-order valence-electron chi connectivity index (χ2n) is 8.71. The maximum absolute atomic E-state index is 12.8. The van der Waals surface area contributed by atoms with E-state index in [2.05, 4.69) is 35.9 Å². The monoisotopic (exact) mass is 475 g/mol. The van der Waals surface area contributed by atoms with Crippen molar-refractivity contribution in [1.29, 1.82) is 0 Å². The van der Waals surface area contributed by atoms with Crippen molar-refractivity contribution in [2.24, 2.45) is 0 Å². The van der Waals surface area contributed by atoms with E-state index in [1.165, 1.54) is 5.56 Å². The van der Waals surface area contributed by atoms with Crippen molar-refractivity contribution in [2.75, 3.05) is 6.61 Å². The number of carbonyl (C=O) groups excluding carboxylic acids is 1. The van der Waals surface area contributed by atoms with Gasteiger partial charge in [-0.25, -0.2) is 4.98 Å². The molecule has 1 aromatic heterocycles. The fourth-order valence-electron chi connectivity index (χ4n) is 4.13. The highest BCUT2D eigenvalue weighted by molar-refractivity contribution is 6.30. The maximum Gasteiger partial charge on any atom is 0.251 e. The van der Waals surface area contributed by atoms with Gasteiger partial charge in [0.15, 0.2) is 0 Å². The van der Waals surface area contributed by atoms with Gasteiger partial charge < -0.3 is 14.6 Å². The van der Waals surface area contributed by atoms with Crippen LogP contribution in [-0.4, -0.2) is 22.1 Å². The summed E-state index contributed by atoms with van der Waals surface area (Å²) < 4.78 is 8.30. The van der Waals surface area contributed by atoms with E-state index in [1.807, 2.05) is 43.3 Å². The van der Waals surface area contributed by atoms with E-state index >= 15 is 0 Å². The molecule has 3 aromatic carbocycles. The quantitative estimate of drug-likeness (QED) is 0.272. The number of amides is 1. The third kappa shape index (κ3) is 5.42. The molecule has 0 fully saturated rings. The van der Waals surface area contributed by atoms with E-state index in [-0.39, 0.29) is 11.9 Å². The van der Waals surface area contributed by atoms with E-state index in [1.54, 1.807) is 24.3 Å². The van der Waals surface area contributed by atoms with Gasteiger partial charge in [-0.1, -0.05) is 61.8 Å². The van der Waals surface area contributed by atoms with Crippen molar-refractivity contribution >= 4 is 28.5 Å².